The predicted octanol–water partition coefficient (Wildman–Crippen LogP) is 4.05. The highest BCUT2D eigenvalue weighted by atomic mass is 35.5. The van der Waals surface area contributed by atoms with Crippen molar-refractivity contribution >= 4 is 17.3 Å². The minimum atomic E-state index is 0.385. The number of hydrogen-bond donors (Lipinski definition) is 0. The third-order valence-electron chi connectivity index (χ3n) is 5.03. The molecule has 2 atom stereocenters. The zero-order valence-electron chi connectivity index (χ0n) is 11.5. The van der Waals surface area contributed by atoms with Gasteiger partial charge in [-0.15, -0.1) is 11.6 Å². The fraction of sp³-hybridized carbons (Fsp3) is 0.625. The molecule has 1 aromatic rings. The highest BCUT2D eigenvalue weighted by molar-refractivity contribution is 6.18. The maximum absolute atomic E-state index is 6.09. The van der Waals surface area contributed by atoms with E-state index in [9.17, 15) is 0 Å². The predicted molar refractivity (Wildman–Crippen MR) is 78.8 cm³/mol. The van der Waals surface area contributed by atoms with E-state index in [0.717, 1.165) is 5.88 Å². The highest BCUT2D eigenvalue weighted by Gasteiger charge is 2.57. The Balaban J connectivity index is 1.92. The Morgan fingerprint density at radius 1 is 1.39 bits per heavy atom. The van der Waals surface area contributed by atoms with E-state index in [1.165, 1.54) is 36.2 Å². The normalized spacial score (nSPS) is 29.0. The van der Waals surface area contributed by atoms with E-state index in [0.29, 0.717) is 17.3 Å². The summed E-state index contributed by atoms with van der Waals surface area (Å²) in [6, 6.07) is 7.06. The number of benzene rings is 1. The molecule has 1 saturated carbocycles. The molecular weight excluding hydrogens is 242 g/mol. The second-order valence-electron chi connectivity index (χ2n) is 6.47. The molecule has 1 aromatic carbocycles. The molecule has 0 saturated heterocycles. The largest absolute Gasteiger partial charge is 0.374 e. The van der Waals surface area contributed by atoms with Crippen LogP contribution in [0.2, 0.25) is 0 Å². The van der Waals surface area contributed by atoms with Crippen LogP contribution in [0.4, 0.5) is 5.69 Å². The molecule has 0 spiro atoms. The zero-order valence-corrected chi connectivity index (χ0v) is 12.3. The summed E-state index contributed by atoms with van der Waals surface area (Å²) in [4.78, 5) is 2.37. The number of aryl methyl sites for hydroxylation is 1. The first-order chi connectivity index (χ1) is 8.55. The lowest BCUT2D eigenvalue weighted by Crippen LogP contribution is -2.24. The lowest BCUT2D eigenvalue weighted by Gasteiger charge is -2.28. The van der Waals surface area contributed by atoms with Gasteiger partial charge in [-0.05, 0) is 47.3 Å². The van der Waals surface area contributed by atoms with Gasteiger partial charge in [-0.2, -0.15) is 0 Å². The minimum absolute atomic E-state index is 0.385. The first-order valence-electron chi connectivity index (χ1n) is 6.95. The Bertz CT molecular complexity index is 466. The fourth-order valence-electron chi connectivity index (χ4n) is 3.69. The first-order valence-corrected chi connectivity index (χ1v) is 7.49. The van der Waals surface area contributed by atoms with Crippen LogP contribution in [0.5, 0.6) is 0 Å². The number of nitrogens with zero attached hydrogens (tertiary/aromatic N) is 1. The maximum Gasteiger partial charge on any atom is 0.0396 e. The smallest absolute Gasteiger partial charge is 0.0396 e. The first kappa shape index (κ1) is 12.3. The number of fused-ring (bicyclic) bond motifs is 1. The summed E-state index contributed by atoms with van der Waals surface area (Å²) in [6.07, 6.45) is 2.51. The van der Waals surface area contributed by atoms with Gasteiger partial charge in [-0.3, -0.25) is 0 Å². The third-order valence-corrected chi connectivity index (χ3v) is 5.36. The van der Waals surface area contributed by atoms with Gasteiger partial charge in [0.05, 0.1) is 0 Å². The molecular formula is C16H22ClN. The third kappa shape index (κ3) is 1.75. The molecule has 0 aromatic heterocycles. The van der Waals surface area contributed by atoms with E-state index in [4.69, 9.17) is 11.6 Å². The summed E-state index contributed by atoms with van der Waals surface area (Å²) >= 11 is 6.09. The molecule has 0 N–H and O–H groups in total. The summed E-state index contributed by atoms with van der Waals surface area (Å²) in [5.41, 5.74) is 4.83. The quantitative estimate of drug-likeness (QED) is 0.728. The molecule has 18 heavy (non-hydrogen) atoms. The van der Waals surface area contributed by atoms with Crippen LogP contribution in [-0.4, -0.2) is 19.5 Å². The van der Waals surface area contributed by atoms with Crippen molar-refractivity contribution in [3.63, 3.8) is 0 Å². The standard InChI is InChI=1S/C16H22ClN/c1-16(2)13(10-17)15(16)12-6-7-14-11(9-12)5-4-8-18(14)3/h6-7,9,13,15H,4-5,8,10H2,1-3H3. The van der Waals surface area contributed by atoms with Crippen molar-refractivity contribution < 1.29 is 0 Å². The van der Waals surface area contributed by atoms with Gasteiger partial charge < -0.3 is 4.90 Å². The average Bonchev–Trinajstić information content (AvgIpc) is 2.91. The number of alkyl halides is 1. The molecule has 2 aliphatic rings. The van der Waals surface area contributed by atoms with Crippen molar-refractivity contribution in [1.82, 2.24) is 0 Å². The van der Waals surface area contributed by atoms with Gasteiger partial charge in [-0.25, -0.2) is 0 Å². The molecule has 1 fully saturated rings. The number of rotatable bonds is 2. The van der Waals surface area contributed by atoms with Crippen molar-refractivity contribution in [2.45, 2.75) is 32.6 Å². The van der Waals surface area contributed by atoms with Crippen LogP contribution in [0.1, 0.15) is 37.3 Å². The van der Waals surface area contributed by atoms with Crippen LogP contribution < -0.4 is 4.90 Å². The van der Waals surface area contributed by atoms with Gasteiger partial charge in [0.25, 0.3) is 0 Å². The number of halogens is 1. The highest BCUT2D eigenvalue weighted by Crippen LogP contribution is 2.64. The molecule has 2 heteroatoms. The summed E-state index contributed by atoms with van der Waals surface area (Å²) in [7, 11) is 2.19. The van der Waals surface area contributed by atoms with Crippen molar-refractivity contribution in [2.75, 3.05) is 24.4 Å². The Morgan fingerprint density at radius 3 is 2.83 bits per heavy atom. The SMILES string of the molecule is CN1CCCc2cc(C3C(CCl)C3(C)C)ccc21. The second kappa shape index (κ2) is 4.16. The number of hydrogen-bond acceptors (Lipinski definition) is 1. The molecule has 1 nitrogen and oxygen atoms in total. The van der Waals surface area contributed by atoms with Gasteiger partial charge in [-0.1, -0.05) is 26.0 Å². The topological polar surface area (TPSA) is 3.24 Å². The monoisotopic (exact) mass is 263 g/mol. The van der Waals surface area contributed by atoms with Gasteiger partial charge in [0.2, 0.25) is 0 Å². The molecule has 98 valence electrons. The van der Waals surface area contributed by atoms with Crippen molar-refractivity contribution in [1.29, 1.82) is 0 Å². The Morgan fingerprint density at radius 2 is 2.17 bits per heavy atom. The molecule has 0 bridgehead atoms. The fourth-order valence-corrected chi connectivity index (χ4v) is 4.27. The van der Waals surface area contributed by atoms with Crippen molar-refractivity contribution in [2.24, 2.45) is 11.3 Å². The molecule has 3 rings (SSSR count). The summed E-state index contributed by atoms with van der Waals surface area (Å²) in [5.74, 6) is 2.10. The summed E-state index contributed by atoms with van der Waals surface area (Å²) in [6.45, 7) is 5.87. The molecule has 1 aliphatic carbocycles. The average molecular weight is 264 g/mol. The molecule has 2 unspecified atom stereocenters. The van der Waals surface area contributed by atoms with E-state index in [1.54, 1.807) is 0 Å². The lowest BCUT2D eigenvalue weighted by molar-refractivity contribution is 0.577. The molecule has 0 radical (unpaired) electrons. The summed E-state index contributed by atoms with van der Waals surface area (Å²) < 4.78 is 0. The van der Waals surface area contributed by atoms with Gasteiger partial charge in [0, 0.05) is 25.2 Å². The van der Waals surface area contributed by atoms with E-state index in [-0.39, 0.29) is 0 Å². The van der Waals surface area contributed by atoms with Gasteiger partial charge in [0.1, 0.15) is 0 Å². The zero-order chi connectivity index (χ0) is 12.9. The molecule has 1 aliphatic heterocycles. The Kier molecular flexibility index (Phi) is 2.85. The Hall–Kier alpha value is -0.690. The van der Waals surface area contributed by atoms with Crippen LogP contribution in [0.15, 0.2) is 18.2 Å². The van der Waals surface area contributed by atoms with E-state index >= 15 is 0 Å². The molecule has 1 heterocycles. The van der Waals surface area contributed by atoms with Crippen molar-refractivity contribution in [3.05, 3.63) is 29.3 Å². The van der Waals surface area contributed by atoms with Gasteiger partial charge >= 0.3 is 0 Å². The van der Waals surface area contributed by atoms with E-state index in [1.807, 2.05) is 0 Å². The van der Waals surface area contributed by atoms with Crippen LogP contribution in [0.25, 0.3) is 0 Å². The Labute approximate surface area is 115 Å². The lowest BCUT2D eigenvalue weighted by atomic mass is 9.96. The second-order valence-corrected chi connectivity index (χ2v) is 6.78. The van der Waals surface area contributed by atoms with Gasteiger partial charge in [0.15, 0.2) is 0 Å². The van der Waals surface area contributed by atoms with Crippen molar-refractivity contribution in [3.8, 4) is 0 Å². The minimum Gasteiger partial charge on any atom is -0.374 e. The van der Waals surface area contributed by atoms with E-state index < -0.39 is 0 Å². The van der Waals surface area contributed by atoms with E-state index in [2.05, 4.69) is 44.0 Å². The summed E-state index contributed by atoms with van der Waals surface area (Å²) in [5, 5.41) is 0. The van der Waals surface area contributed by atoms with Crippen LogP contribution >= 0.6 is 11.6 Å². The maximum atomic E-state index is 6.09. The van der Waals surface area contributed by atoms with Crippen LogP contribution in [-0.2, 0) is 6.42 Å². The van der Waals surface area contributed by atoms with Crippen LogP contribution in [0, 0.1) is 11.3 Å². The number of anilines is 1. The van der Waals surface area contributed by atoms with Crippen LogP contribution in [0.3, 0.4) is 0 Å². The molecule has 0 amide bonds.